The third kappa shape index (κ3) is 2.70. The van der Waals surface area contributed by atoms with E-state index in [-0.39, 0.29) is 0 Å². The van der Waals surface area contributed by atoms with Gasteiger partial charge in [0.2, 0.25) is 0 Å². The van der Waals surface area contributed by atoms with Crippen LogP contribution in [0.25, 0.3) is 0 Å². The van der Waals surface area contributed by atoms with Gasteiger partial charge in [-0.15, -0.1) is 0 Å². The highest BCUT2D eigenvalue weighted by Gasteiger charge is 2.15. The van der Waals surface area contributed by atoms with Crippen molar-refractivity contribution in [1.82, 2.24) is 9.80 Å². The molecule has 1 aromatic rings. The molecule has 0 atom stereocenters. The van der Waals surface area contributed by atoms with Crippen molar-refractivity contribution in [3.63, 3.8) is 0 Å². The molecule has 0 aliphatic carbocycles. The lowest BCUT2D eigenvalue weighted by Crippen LogP contribution is -2.33. The molecule has 0 radical (unpaired) electrons. The summed E-state index contributed by atoms with van der Waals surface area (Å²) in [7, 11) is 2.05. The lowest BCUT2D eigenvalue weighted by Gasteiger charge is -2.35. The Bertz CT molecular complexity index is 460. The summed E-state index contributed by atoms with van der Waals surface area (Å²) < 4.78 is 0. The van der Waals surface area contributed by atoms with Crippen LogP contribution in [0.3, 0.4) is 0 Å². The number of nitrogens with zero attached hydrogens (tertiary/aromatic N) is 2. The minimum atomic E-state index is 0.909. The summed E-state index contributed by atoms with van der Waals surface area (Å²) in [5.41, 5.74) is 5.11. The van der Waals surface area contributed by atoms with Gasteiger partial charge in [0.1, 0.15) is 0 Å². The van der Waals surface area contributed by atoms with Crippen LogP contribution < -0.4 is 0 Å². The molecule has 0 amide bonds. The summed E-state index contributed by atoms with van der Waals surface area (Å²) in [6.07, 6.45) is 2.14. The largest absolute Gasteiger partial charge is 0.364 e. The van der Waals surface area contributed by atoms with Crippen LogP contribution in [-0.2, 0) is 6.54 Å². The number of benzene rings is 1. The SMILES string of the molecule is C=C1CN(Cc2cccc(C)c2)C(C)=CN1C. The molecule has 0 aromatic heterocycles. The van der Waals surface area contributed by atoms with Gasteiger partial charge in [-0.25, -0.2) is 0 Å². The standard InChI is InChI=1S/C15H20N2/c1-12-6-5-7-15(8-12)11-17-10-13(2)16(4)9-14(17)3/h5-9H,2,10-11H2,1,3-4H3. The Hall–Kier alpha value is -1.70. The maximum atomic E-state index is 4.08. The van der Waals surface area contributed by atoms with Gasteiger partial charge in [0.05, 0.1) is 6.54 Å². The van der Waals surface area contributed by atoms with Crippen LogP contribution >= 0.6 is 0 Å². The van der Waals surface area contributed by atoms with Gasteiger partial charge in [-0.1, -0.05) is 36.4 Å². The van der Waals surface area contributed by atoms with Crippen LogP contribution in [0, 0.1) is 6.92 Å². The molecule has 2 nitrogen and oxygen atoms in total. The Morgan fingerprint density at radius 2 is 2.06 bits per heavy atom. The number of allylic oxidation sites excluding steroid dienone is 1. The van der Waals surface area contributed by atoms with Gasteiger partial charge in [0.25, 0.3) is 0 Å². The molecule has 0 N–H and O–H groups in total. The quantitative estimate of drug-likeness (QED) is 0.767. The third-order valence-electron chi connectivity index (χ3n) is 3.21. The molecule has 17 heavy (non-hydrogen) atoms. The lowest BCUT2D eigenvalue weighted by molar-refractivity contribution is 0.302. The van der Waals surface area contributed by atoms with E-state index in [2.05, 4.69) is 67.7 Å². The van der Waals surface area contributed by atoms with Crippen molar-refractivity contribution in [2.24, 2.45) is 0 Å². The molecule has 0 spiro atoms. The highest BCUT2D eigenvalue weighted by molar-refractivity contribution is 5.24. The Labute approximate surface area is 104 Å². The van der Waals surface area contributed by atoms with E-state index in [1.165, 1.54) is 16.8 Å². The number of hydrogen-bond donors (Lipinski definition) is 0. The first-order valence-corrected chi connectivity index (χ1v) is 5.96. The van der Waals surface area contributed by atoms with Crippen molar-refractivity contribution >= 4 is 0 Å². The zero-order chi connectivity index (χ0) is 12.4. The van der Waals surface area contributed by atoms with Crippen LogP contribution in [0.1, 0.15) is 18.1 Å². The number of aryl methyl sites for hydroxylation is 1. The van der Waals surface area contributed by atoms with E-state index in [0.29, 0.717) is 0 Å². The van der Waals surface area contributed by atoms with Gasteiger partial charge in [-0.05, 0) is 19.4 Å². The number of hydrogen-bond acceptors (Lipinski definition) is 2. The second-order valence-electron chi connectivity index (χ2n) is 4.79. The van der Waals surface area contributed by atoms with Crippen LogP contribution in [0.15, 0.2) is 48.4 Å². The smallest absolute Gasteiger partial charge is 0.0576 e. The van der Waals surface area contributed by atoms with Crippen molar-refractivity contribution in [2.75, 3.05) is 13.6 Å². The molecule has 0 unspecified atom stereocenters. The predicted molar refractivity (Wildman–Crippen MR) is 72.2 cm³/mol. The van der Waals surface area contributed by atoms with E-state index in [1.54, 1.807) is 0 Å². The van der Waals surface area contributed by atoms with Gasteiger partial charge >= 0.3 is 0 Å². The number of rotatable bonds is 2. The predicted octanol–water partition coefficient (Wildman–Crippen LogP) is 3.12. The fourth-order valence-electron chi connectivity index (χ4n) is 2.12. The molecule has 1 heterocycles. The van der Waals surface area contributed by atoms with Gasteiger partial charge in [-0.2, -0.15) is 0 Å². The monoisotopic (exact) mass is 228 g/mol. The topological polar surface area (TPSA) is 6.48 Å². The Kier molecular flexibility index (Phi) is 3.23. The first-order chi connectivity index (χ1) is 8.06. The van der Waals surface area contributed by atoms with Crippen LogP contribution in [0.4, 0.5) is 0 Å². The lowest BCUT2D eigenvalue weighted by atomic mass is 10.1. The molecule has 90 valence electrons. The molecule has 0 saturated carbocycles. The summed E-state index contributed by atoms with van der Waals surface area (Å²) in [5, 5.41) is 0. The average Bonchev–Trinajstić information content (AvgIpc) is 2.26. The van der Waals surface area contributed by atoms with E-state index in [1.807, 2.05) is 0 Å². The van der Waals surface area contributed by atoms with Crippen LogP contribution in [-0.4, -0.2) is 23.4 Å². The zero-order valence-electron chi connectivity index (χ0n) is 10.9. The van der Waals surface area contributed by atoms with E-state index in [9.17, 15) is 0 Å². The van der Waals surface area contributed by atoms with Gasteiger partial charge in [0.15, 0.2) is 0 Å². The van der Waals surface area contributed by atoms with Crippen LogP contribution in [0.2, 0.25) is 0 Å². The second-order valence-corrected chi connectivity index (χ2v) is 4.79. The molecule has 1 aliphatic heterocycles. The molecule has 1 aromatic carbocycles. The molecule has 0 bridgehead atoms. The van der Waals surface area contributed by atoms with Crippen LogP contribution in [0.5, 0.6) is 0 Å². The molecular formula is C15H20N2. The Morgan fingerprint density at radius 3 is 2.76 bits per heavy atom. The van der Waals surface area contributed by atoms with E-state index < -0.39 is 0 Å². The van der Waals surface area contributed by atoms with Crippen molar-refractivity contribution in [3.05, 3.63) is 59.6 Å². The van der Waals surface area contributed by atoms with Crippen molar-refractivity contribution < 1.29 is 0 Å². The first-order valence-electron chi connectivity index (χ1n) is 5.96. The Morgan fingerprint density at radius 1 is 1.29 bits per heavy atom. The summed E-state index contributed by atoms with van der Waals surface area (Å²) >= 11 is 0. The summed E-state index contributed by atoms with van der Waals surface area (Å²) in [6.45, 7) is 10.2. The van der Waals surface area contributed by atoms with Gasteiger partial charge < -0.3 is 9.80 Å². The fraction of sp³-hybridized carbons (Fsp3) is 0.333. The summed E-state index contributed by atoms with van der Waals surface area (Å²) in [6, 6.07) is 8.68. The third-order valence-corrected chi connectivity index (χ3v) is 3.21. The highest BCUT2D eigenvalue weighted by Crippen LogP contribution is 2.19. The Balaban J connectivity index is 2.14. The normalized spacial score (nSPS) is 16.2. The summed E-state index contributed by atoms with van der Waals surface area (Å²) in [5.74, 6) is 0. The summed E-state index contributed by atoms with van der Waals surface area (Å²) in [4.78, 5) is 4.46. The van der Waals surface area contributed by atoms with E-state index in [0.717, 1.165) is 18.8 Å². The molecule has 0 saturated heterocycles. The maximum absolute atomic E-state index is 4.08. The van der Waals surface area contributed by atoms with Crippen molar-refractivity contribution in [3.8, 4) is 0 Å². The second kappa shape index (κ2) is 4.66. The molecular weight excluding hydrogens is 208 g/mol. The molecule has 2 heteroatoms. The molecule has 2 rings (SSSR count). The number of likely N-dealkylation sites (N-methyl/N-ethyl adjacent to an activating group) is 1. The van der Waals surface area contributed by atoms with Gasteiger partial charge in [0, 0.05) is 31.2 Å². The molecule has 0 fully saturated rings. The van der Waals surface area contributed by atoms with Crippen molar-refractivity contribution in [2.45, 2.75) is 20.4 Å². The minimum absolute atomic E-state index is 0.909. The van der Waals surface area contributed by atoms with Crippen molar-refractivity contribution in [1.29, 1.82) is 0 Å². The van der Waals surface area contributed by atoms with E-state index >= 15 is 0 Å². The van der Waals surface area contributed by atoms with E-state index in [4.69, 9.17) is 0 Å². The minimum Gasteiger partial charge on any atom is -0.364 e. The average molecular weight is 228 g/mol. The van der Waals surface area contributed by atoms with Gasteiger partial charge in [-0.3, -0.25) is 0 Å². The highest BCUT2D eigenvalue weighted by atomic mass is 15.2. The zero-order valence-corrected chi connectivity index (χ0v) is 10.9. The first kappa shape index (κ1) is 11.8. The molecule has 1 aliphatic rings. The maximum Gasteiger partial charge on any atom is 0.0576 e. The fourth-order valence-corrected chi connectivity index (χ4v) is 2.12.